The van der Waals surface area contributed by atoms with Crippen molar-refractivity contribution in [2.24, 2.45) is 0 Å². The smallest absolute Gasteiger partial charge is 0.134 e. The third kappa shape index (κ3) is 3.43. The first-order chi connectivity index (χ1) is 10.7. The molecule has 0 aliphatic carbocycles. The predicted octanol–water partition coefficient (Wildman–Crippen LogP) is 5.22. The highest BCUT2D eigenvalue weighted by atomic mass is 35.5. The minimum absolute atomic E-state index is 0.625. The van der Waals surface area contributed by atoms with Gasteiger partial charge in [0, 0.05) is 16.3 Å². The van der Waals surface area contributed by atoms with Gasteiger partial charge < -0.3 is 14.5 Å². The van der Waals surface area contributed by atoms with Gasteiger partial charge in [0.1, 0.15) is 17.3 Å². The lowest BCUT2D eigenvalue weighted by Gasteiger charge is -2.05. The minimum atomic E-state index is 0.625. The molecular formula is C18H16ClNO2. The molecule has 0 radical (unpaired) electrons. The zero-order valence-electron chi connectivity index (χ0n) is 12.2. The van der Waals surface area contributed by atoms with Crippen molar-refractivity contribution in [3.8, 4) is 17.1 Å². The van der Waals surface area contributed by atoms with E-state index in [1.165, 1.54) is 0 Å². The minimum Gasteiger partial charge on any atom is -0.497 e. The second-order valence-electron chi connectivity index (χ2n) is 4.85. The Morgan fingerprint density at radius 2 is 1.68 bits per heavy atom. The molecule has 4 heteroatoms. The summed E-state index contributed by atoms with van der Waals surface area (Å²) < 4.78 is 11.0. The average molecular weight is 314 g/mol. The summed E-state index contributed by atoms with van der Waals surface area (Å²) in [4.78, 5) is 0. The van der Waals surface area contributed by atoms with Gasteiger partial charge in [0.05, 0.1) is 13.7 Å². The van der Waals surface area contributed by atoms with Crippen molar-refractivity contribution in [1.29, 1.82) is 0 Å². The van der Waals surface area contributed by atoms with E-state index in [1.54, 1.807) is 7.11 Å². The molecule has 3 rings (SSSR count). The molecule has 1 N–H and O–H groups in total. The molecule has 112 valence electrons. The molecule has 1 heterocycles. The predicted molar refractivity (Wildman–Crippen MR) is 89.5 cm³/mol. The van der Waals surface area contributed by atoms with Gasteiger partial charge in [-0.15, -0.1) is 0 Å². The summed E-state index contributed by atoms with van der Waals surface area (Å²) in [5.74, 6) is 2.55. The van der Waals surface area contributed by atoms with Crippen molar-refractivity contribution >= 4 is 17.3 Å². The van der Waals surface area contributed by atoms with Crippen LogP contribution in [-0.4, -0.2) is 7.11 Å². The number of hydrogen-bond acceptors (Lipinski definition) is 3. The van der Waals surface area contributed by atoms with Crippen LogP contribution in [0.25, 0.3) is 11.3 Å². The number of hydrogen-bond donors (Lipinski definition) is 1. The van der Waals surface area contributed by atoms with E-state index in [9.17, 15) is 0 Å². The van der Waals surface area contributed by atoms with Gasteiger partial charge in [0.2, 0.25) is 0 Å². The van der Waals surface area contributed by atoms with Crippen molar-refractivity contribution in [3.05, 3.63) is 71.4 Å². The highest BCUT2D eigenvalue weighted by molar-refractivity contribution is 6.30. The van der Waals surface area contributed by atoms with Crippen molar-refractivity contribution in [2.45, 2.75) is 6.54 Å². The summed E-state index contributed by atoms with van der Waals surface area (Å²) >= 11 is 5.89. The van der Waals surface area contributed by atoms with Crippen molar-refractivity contribution in [3.63, 3.8) is 0 Å². The fourth-order valence-corrected chi connectivity index (χ4v) is 2.27. The Balaban J connectivity index is 1.65. The molecule has 3 nitrogen and oxygen atoms in total. The SMILES string of the molecule is COc1ccc(NCc2ccc(-c3ccc(Cl)cc3)o2)cc1. The fraction of sp³-hybridized carbons (Fsp3) is 0.111. The number of halogens is 1. The van der Waals surface area contributed by atoms with E-state index in [-0.39, 0.29) is 0 Å². The Labute approximate surface area is 134 Å². The first-order valence-corrected chi connectivity index (χ1v) is 7.35. The van der Waals surface area contributed by atoms with Gasteiger partial charge in [-0.25, -0.2) is 0 Å². The Hall–Kier alpha value is -2.39. The van der Waals surface area contributed by atoms with Crippen LogP contribution >= 0.6 is 11.6 Å². The molecule has 0 fully saturated rings. The zero-order valence-corrected chi connectivity index (χ0v) is 12.9. The third-order valence-corrected chi connectivity index (χ3v) is 3.60. The zero-order chi connectivity index (χ0) is 15.4. The van der Waals surface area contributed by atoms with E-state index in [1.807, 2.05) is 60.7 Å². The molecule has 0 amide bonds. The highest BCUT2D eigenvalue weighted by Crippen LogP contribution is 2.24. The molecule has 0 aliphatic heterocycles. The third-order valence-electron chi connectivity index (χ3n) is 3.35. The molecule has 0 spiro atoms. The molecule has 0 unspecified atom stereocenters. The molecule has 0 aliphatic rings. The second-order valence-corrected chi connectivity index (χ2v) is 5.29. The topological polar surface area (TPSA) is 34.4 Å². The van der Waals surface area contributed by atoms with Crippen LogP contribution < -0.4 is 10.1 Å². The first-order valence-electron chi connectivity index (χ1n) is 6.97. The van der Waals surface area contributed by atoms with Crippen LogP contribution in [0.1, 0.15) is 5.76 Å². The van der Waals surface area contributed by atoms with Crippen LogP contribution in [0.5, 0.6) is 5.75 Å². The molecule has 0 bridgehead atoms. The van der Waals surface area contributed by atoms with E-state index in [0.29, 0.717) is 6.54 Å². The van der Waals surface area contributed by atoms with Crippen molar-refractivity contribution in [1.82, 2.24) is 0 Å². The molecule has 1 aromatic heterocycles. The van der Waals surface area contributed by atoms with Crippen LogP contribution in [0.2, 0.25) is 5.02 Å². The lowest BCUT2D eigenvalue weighted by molar-refractivity contribution is 0.415. The Morgan fingerprint density at radius 1 is 0.955 bits per heavy atom. The number of ether oxygens (including phenoxy) is 1. The maximum Gasteiger partial charge on any atom is 0.134 e. The lowest BCUT2D eigenvalue weighted by atomic mass is 10.2. The standard InChI is InChI=1S/C18H16ClNO2/c1-21-16-8-6-15(7-9-16)20-12-17-10-11-18(22-17)13-2-4-14(19)5-3-13/h2-11,20H,12H2,1H3. The average Bonchev–Trinajstić information content (AvgIpc) is 3.03. The number of furan rings is 1. The molecular weight excluding hydrogens is 298 g/mol. The summed E-state index contributed by atoms with van der Waals surface area (Å²) in [6, 6.07) is 19.3. The fourth-order valence-electron chi connectivity index (χ4n) is 2.14. The molecule has 3 aromatic rings. The summed E-state index contributed by atoms with van der Waals surface area (Å²) in [6.07, 6.45) is 0. The van der Waals surface area contributed by atoms with Gasteiger partial charge in [-0.3, -0.25) is 0 Å². The van der Waals surface area contributed by atoms with Crippen LogP contribution in [-0.2, 0) is 6.54 Å². The Morgan fingerprint density at radius 3 is 2.36 bits per heavy atom. The number of nitrogens with one attached hydrogen (secondary N) is 1. The van der Waals surface area contributed by atoms with Crippen LogP contribution in [0, 0.1) is 0 Å². The van der Waals surface area contributed by atoms with Gasteiger partial charge in [-0.2, -0.15) is 0 Å². The second kappa shape index (κ2) is 6.58. The maximum absolute atomic E-state index is 5.89. The van der Waals surface area contributed by atoms with Gasteiger partial charge >= 0.3 is 0 Å². The quantitative estimate of drug-likeness (QED) is 0.701. The van der Waals surface area contributed by atoms with E-state index in [2.05, 4.69) is 5.32 Å². The first kappa shape index (κ1) is 14.5. The molecule has 0 atom stereocenters. The molecule has 0 saturated heterocycles. The summed E-state index contributed by atoms with van der Waals surface area (Å²) in [5, 5.41) is 4.03. The van der Waals surface area contributed by atoms with Gasteiger partial charge in [-0.05, 0) is 60.7 Å². The normalized spacial score (nSPS) is 10.5. The number of benzene rings is 2. The molecule has 0 saturated carbocycles. The van der Waals surface area contributed by atoms with Crippen LogP contribution in [0.3, 0.4) is 0 Å². The Kier molecular flexibility index (Phi) is 4.35. The lowest BCUT2D eigenvalue weighted by Crippen LogP contribution is -1.97. The van der Waals surface area contributed by atoms with Crippen LogP contribution in [0.15, 0.2) is 65.1 Å². The summed E-state index contributed by atoms with van der Waals surface area (Å²) in [5.41, 5.74) is 2.03. The van der Waals surface area contributed by atoms with E-state index in [0.717, 1.165) is 33.5 Å². The van der Waals surface area contributed by atoms with Gasteiger partial charge in [0.25, 0.3) is 0 Å². The number of rotatable bonds is 5. The summed E-state index contributed by atoms with van der Waals surface area (Å²) in [6.45, 7) is 0.625. The van der Waals surface area contributed by atoms with E-state index < -0.39 is 0 Å². The monoisotopic (exact) mass is 313 g/mol. The number of methoxy groups -OCH3 is 1. The molecule has 2 aromatic carbocycles. The Bertz CT molecular complexity index is 733. The van der Waals surface area contributed by atoms with Crippen molar-refractivity contribution in [2.75, 3.05) is 12.4 Å². The van der Waals surface area contributed by atoms with Gasteiger partial charge in [-0.1, -0.05) is 11.6 Å². The van der Waals surface area contributed by atoms with Crippen molar-refractivity contribution < 1.29 is 9.15 Å². The highest BCUT2D eigenvalue weighted by Gasteiger charge is 2.05. The van der Waals surface area contributed by atoms with Crippen LogP contribution in [0.4, 0.5) is 5.69 Å². The van der Waals surface area contributed by atoms with E-state index >= 15 is 0 Å². The number of anilines is 1. The molecule has 22 heavy (non-hydrogen) atoms. The summed E-state index contributed by atoms with van der Waals surface area (Å²) in [7, 11) is 1.66. The maximum atomic E-state index is 5.89. The van der Waals surface area contributed by atoms with E-state index in [4.69, 9.17) is 20.8 Å². The van der Waals surface area contributed by atoms with Gasteiger partial charge in [0.15, 0.2) is 0 Å². The largest absolute Gasteiger partial charge is 0.497 e.